The van der Waals surface area contributed by atoms with Gasteiger partial charge in [0.25, 0.3) is 10.0 Å². The molecular formula is C32H38BrN3O4S. The van der Waals surface area contributed by atoms with Gasteiger partial charge in [0.15, 0.2) is 0 Å². The van der Waals surface area contributed by atoms with Gasteiger partial charge in [-0.25, -0.2) is 8.42 Å². The van der Waals surface area contributed by atoms with Gasteiger partial charge in [0, 0.05) is 17.1 Å². The maximum Gasteiger partial charge on any atom is 0.264 e. The van der Waals surface area contributed by atoms with Crippen LogP contribution >= 0.6 is 15.9 Å². The van der Waals surface area contributed by atoms with E-state index in [-0.39, 0.29) is 23.4 Å². The highest BCUT2D eigenvalue weighted by Gasteiger charge is 2.34. The molecule has 0 unspecified atom stereocenters. The van der Waals surface area contributed by atoms with Crippen LogP contribution in [0.15, 0.2) is 88.2 Å². The van der Waals surface area contributed by atoms with E-state index in [0.717, 1.165) is 45.6 Å². The fraction of sp³-hybridized carbons (Fsp3) is 0.375. The predicted molar refractivity (Wildman–Crippen MR) is 166 cm³/mol. The lowest BCUT2D eigenvalue weighted by atomic mass is 9.95. The van der Waals surface area contributed by atoms with Crippen molar-refractivity contribution < 1.29 is 18.0 Å². The standard InChI is InChI=1S/C32H38BrN3O4S/c1-3-30(32(38)34-27-13-6-4-7-14-27)35(22-25-12-10-11-24(2)21-25)31(37)23-36(28-19-17-26(33)18-20-28)41(39,40)29-15-8-5-9-16-29/h5,8-12,15-21,27,30H,3-4,6-7,13-14,22-23H2,1-2H3,(H,34,38)/t30-/m1/s1. The van der Waals surface area contributed by atoms with Crippen LogP contribution in [0.2, 0.25) is 0 Å². The number of halogens is 1. The third kappa shape index (κ3) is 7.98. The second-order valence-electron chi connectivity index (χ2n) is 10.6. The van der Waals surface area contributed by atoms with Crippen LogP contribution in [0.25, 0.3) is 0 Å². The van der Waals surface area contributed by atoms with Crippen LogP contribution in [0.4, 0.5) is 5.69 Å². The summed E-state index contributed by atoms with van der Waals surface area (Å²) in [6.07, 6.45) is 5.59. The number of amides is 2. The summed E-state index contributed by atoms with van der Waals surface area (Å²) in [6.45, 7) is 3.61. The van der Waals surface area contributed by atoms with Crippen LogP contribution in [-0.2, 0) is 26.2 Å². The zero-order valence-electron chi connectivity index (χ0n) is 23.6. The van der Waals surface area contributed by atoms with Crippen molar-refractivity contribution in [3.8, 4) is 0 Å². The lowest BCUT2D eigenvalue weighted by Crippen LogP contribution is -2.54. The Bertz CT molecular complexity index is 1420. The highest BCUT2D eigenvalue weighted by Crippen LogP contribution is 2.26. The summed E-state index contributed by atoms with van der Waals surface area (Å²) in [5, 5.41) is 3.18. The summed E-state index contributed by atoms with van der Waals surface area (Å²) in [5.41, 5.74) is 2.28. The van der Waals surface area contributed by atoms with Gasteiger partial charge in [-0.15, -0.1) is 0 Å². The van der Waals surface area contributed by atoms with Gasteiger partial charge in [-0.1, -0.05) is 90.1 Å². The van der Waals surface area contributed by atoms with E-state index in [1.165, 1.54) is 18.6 Å². The van der Waals surface area contributed by atoms with Crippen molar-refractivity contribution in [1.82, 2.24) is 10.2 Å². The van der Waals surface area contributed by atoms with E-state index >= 15 is 0 Å². The first-order valence-corrected chi connectivity index (χ1v) is 16.4. The van der Waals surface area contributed by atoms with Crippen LogP contribution in [0.3, 0.4) is 0 Å². The molecule has 0 saturated heterocycles. The molecule has 4 rings (SSSR count). The second kappa shape index (κ2) is 14.1. The Hall–Kier alpha value is -3.17. The topological polar surface area (TPSA) is 86.8 Å². The van der Waals surface area contributed by atoms with E-state index in [2.05, 4.69) is 21.2 Å². The molecule has 3 aromatic carbocycles. The quantitative estimate of drug-likeness (QED) is 0.270. The van der Waals surface area contributed by atoms with Crippen molar-refractivity contribution in [2.45, 2.75) is 75.9 Å². The Morgan fingerprint density at radius 1 is 0.951 bits per heavy atom. The van der Waals surface area contributed by atoms with Crippen LogP contribution in [0.5, 0.6) is 0 Å². The molecule has 0 aromatic heterocycles. The summed E-state index contributed by atoms with van der Waals surface area (Å²) < 4.78 is 29.7. The third-order valence-corrected chi connectivity index (χ3v) is 9.81. The van der Waals surface area contributed by atoms with E-state index in [9.17, 15) is 18.0 Å². The summed E-state index contributed by atoms with van der Waals surface area (Å²) in [4.78, 5) is 29.4. The molecule has 1 aliphatic rings. The van der Waals surface area contributed by atoms with Gasteiger partial charge in [0.05, 0.1) is 10.6 Å². The Balaban J connectivity index is 1.69. The number of rotatable bonds is 11. The summed E-state index contributed by atoms with van der Waals surface area (Å²) in [5.74, 6) is -0.638. The van der Waals surface area contributed by atoms with Crippen LogP contribution < -0.4 is 9.62 Å². The second-order valence-corrected chi connectivity index (χ2v) is 13.4. The first-order valence-electron chi connectivity index (χ1n) is 14.2. The van der Waals surface area contributed by atoms with E-state index in [1.54, 1.807) is 47.4 Å². The molecule has 9 heteroatoms. The van der Waals surface area contributed by atoms with E-state index in [1.807, 2.05) is 38.1 Å². The summed E-state index contributed by atoms with van der Waals surface area (Å²) in [7, 11) is -4.08. The van der Waals surface area contributed by atoms with Crippen molar-refractivity contribution in [3.63, 3.8) is 0 Å². The number of aryl methyl sites for hydroxylation is 1. The summed E-state index contributed by atoms with van der Waals surface area (Å²) >= 11 is 3.40. The number of sulfonamides is 1. The molecule has 1 fully saturated rings. The number of hydrogen-bond donors (Lipinski definition) is 1. The van der Waals surface area contributed by atoms with Gasteiger partial charge in [-0.05, 0) is 68.1 Å². The van der Waals surface area contributed by atoms with Gasteiger partial charge in [0.1, 0.15) is 12.6 Å². The van der Waals surface area contributed by atoms with Crippen LogP contribution in [-0.4, -0.2) is 43.8 Å². The number of hydrogen-bond acceptors (Lipinski definition) is 4. The minimum atomic E-state index is -4.08. The van der Waals surface area contributed by atoms with Gasteiger partial charge in [0.2, 0.25) is 11.8 Å². The van der Waals surface area contributed by atoms with E-state index < -0.39 is 28.5 Å². The molecule has 1 N–H and O–H groups in total. The predicted octanol–water partition coefficient (Wildman–Crippen LogP) is 6.21. The zero-order chi connectivity index (χ0) is 29.4. The van der Waals surface area contributed by atoms with Gasteiger partial charge in [-0.2, -0.15) is 0 Å². The summed E-state index contributed by atoms with van der Waals surface area (Å²) in [6, 6.07) is 22.1. The minimum absolute atomic E-state index is 0.0861. The van der Waals surface area contributed by atoms with Crippen molar-refractivity contribution >= 4 is 43.5 Å². The highest BCUT2D eigenvalue weighted by atomic mass is 79.9. The highest BCUT2D eigenvalue weighted by molar-refractivity contribution is 9.10. The molecule has 0 bridgehead atoms. The Labute approximate surface area is 252 Å². The Morgan fingerprint density at radius 2 is 1.63 bits per heavy atom. The zero-order valence-corrected chi connectivity index (χ0v) is 26.0. The van der Waals surface area contributed by atoms with Crippen molar-refractivity contribution in [2.75, 3.05) is 10.8 Å². The number of benzene rings is 3. The smallest absolute Gasteiger partial charge is 0.264 e. The number of carbonyl (C=O) groups is 2. The van der Waals surface area contributed by atoms with Gasteiger partial charge < -0.3 is 10.2 Å². The Morgan fingerprint density at radius 3 is 2.27 bits per heavy atom. The molecular weight excluding hydrogens is 602 g/mol. The maximum absolute atomic E-state index is 14.2. The molecule has 3 aromatic rings. The fourth-order valence-electron chi connectivity index (χ4n) is 5.33. The van der Waals surface area contributed by atoms with Crippen LogP contribution in [0, 0.1) is 6.92 Å². The molecule has 1 saturated carbocycles. The number of nitrogens with one attached hydrogen (secondary N) is 1. The first kappa shape index (κ1) is 30.8. The van der Waals surface area contributed by atoms with E-state index in [4.69, 9.17) is 0 Å². The monoisotopic (exact) mass is 639 g/mol. The maximum atomic E-state index is 14.2. The molecule has 0 aliphatic heterocycles. The molecule has 0 radical (unpaired) electrons. The van der Waals surface area contributed by atoms with E-state index in [0.29, 0.717) is 12.1 Å². The lowest BCUT2D eigenvalue weighted by molar-refractivity contribution is -0.140. The average Bonchev–Trinajstić information content (AvgIpc) is 2.97. The van der Waals surface area contributed by atoms with Crippen molar-refractivity contribution in [1.29, 1.82) is 0 Å². The molecule has 218 valence electrons. The average molecular weight is 641 g/mol. The Kier molecular flexibility index (Phi) is 10.6. The van der Waals surface area contributed by atoms with Crippen LogP contribution in [0.1, 0.15) is 56.6 Å². The molecule has 1 aliphatic carbocycles. The number of nitrogens with zero attached hydrogens (tertiary/aromatic N) is 2. The lowest BCUT2D eigenvalue weighted by Gasteiger charge is -2.34. The first-order chi connectivity index (χ1) is 19.7. The molecule has 0 spiro atoms. The molecule has 41 heavy (non-hydrogen) atoms. The minimum Gasteiger partial charge on any atom is -0.352 e. The molecule has 2 amide bonds. The normalized spacial score (nSPS) is 14.7. The number of anilines is 1. The van der Waals surface area contributed by atoms with Gasteiger partial charge in [-0.3, -0.25) is 13.9 Å². The fourth-order valence-corrected chi connectivity index (χ4v) is 7.03. The molecule has 1 atom stereocenters. The van der Waals surface area contributed by atoms with Gasteiger partial charge >= 0.3 is 0 Å². The largest absolute Gasteiger partial charge is 0.352 e. The third-order valence-electron chi connectivity index (χ3n) is 7.50. The SMILES string of the molecule is CC[C@H](C(=O)NC1CCCCC1)N(Cc1cccc(C)c1)C(=O)CN(c1ccc(Br)cc1)S(=O)(=O)c1ccccc1. The number of carbonyl (C=O) groups excluding carboxylic acids is 2. The molecule has 0 heterocycles. The van der Waals surface area contributed by atoms with Crippen molar-refractivity contribution in [2.24, 2.45) is 0 Å². The van der Waals surface area contributed by atoms with Crippen molar-refractivity contribution in [3.05, 3.63) is 94.5 Å². The molecule has 7 nitrogen and oxygen atoms in total.